The number of likely N-dealkylation sites (tertiary alicyclic amines) is 1. The standard InChI is InChI=1S/C29H29Cl2FN4O/c1-20-24(32)8-9-25-27(20)29(19-36(25)28(37)34-18-22-10-13-33-26(31)17-22)11-15-35(16-12-29)14-2-3-21-4-6-23(30)7-5-21/h2-10,13,17H,11-12,14-16,18-19H2,1H3,(H,34,37). The molecule has 2 aliphatic rings. The molecule has 0 aliphatic carbocycles. The van der Waals surface area contributed by atoms with Gasteiger partial charge in [0.15, 0.2) is 0 Å². The maximum atomic E-state index is 14.7. The zero-order valence-corrected chi connectivity index (χ0v) is 22.2. The van der Waals surface area contributed by atoms with Crippen molar-refractivity contribution in [1.29, 1.82) is 0 Å². The molecule has 3 heterocycles. The van der Waals surface area contributed by atoms with Gasteiger partial charge in [-0.2, -0.15) is 0 Å². The molecule has 0 unspecified atom stereocenters. The number of amides is 2. The van der Waals surface area contributed by atoms with Crippen molar-refractivity contribution in [3.63, 3.8) is 0 Å². The number of rotatable bonds is 5. The van der Waals surface area contributed by atoms with Crippen molar-refractivity contribution in [1.82, 2.24) is 15.2 Å². The van der Waals surface area contributed by atoms with Gasteiger partial charge >= 0.3 is 6.03 Å². The molecule has 1 spiro atoms. The summed E-state index contributed by atoms with van der Waals surface area (Å²) in [5.74, 6) is -0.222. The highest BCUT2D eigenvalue weighted by Gasteiger charge is 2.47. The molecular formula is C29H29Cl2FN4O. The molecule has 0 atom stereocenters. The van der Waals surface area contributed by atoms with Crippen LogP contribution in [0.5, 0.6) is 0 Å². The predicted octanol–water partition coefficient (Wildman–Crippen LogP) is 6.61. The van der Waals surface area contributed by atoms with Gasteiger partial charge < -0.3 is 5.32 Å². The first-order chi connectivity index (χ1) is 17.8. The van der Waals surface area contributed by atoms with Gasteiger partial charge in [0.2, 0.25) is 0 Å². The monoisotopic (exact) mass is 538 g/mol. The van der Waals surface area contributed by atoms with E-state index in [-0.39, 0.29) is 17.3 Å². The summed E-state index contributed by atoms with van der Waals surface area (Å²) in [5.41, 5.74) is 4.16. The van der Waals surface area contributed by atoms with Crippen molar-refractivity contribution in [2.75, 3.05) is 31.1 Å². The summed E-state index contributed by atoms with van der Waals surface area (Å²) < 4.78 is 14.7. The van der Waals surface area contributed by atoms with Gasteiger partial charge in [-0.1, -0.05) is 47.5 Å². The Labute approximate surface area is 226 Å². The zero-order chi connectivity index (χ0) is 26.0. The number of piperidine rings is 1. The zero-order valence-electron chi connectivity index (χ0n) is 20.7. The van der Waals surface area contributed by atoms with E-state index in [0.717, 1.165) is 59.9 Å². The first-order valence-electron chi connectivity index (χ1n) is 12.4. The Morgan fingerprint density at radius 2 is 1.89 bits per heavy atom. The fourth-order valence-corrected chi connectivity index (χ4v) is 5.85. The molecule has 5 rings (SSSR count). The van der Waals surface area contributed by atoms with Crippen LogP contribution in [0.4, 0.5) is 14.9 Å². The molecule has 1 saturated heterocycles. The number of fused-ring (bicyclic) bond motifs is 2. The van der Waals surface area contributed by atoms with Crippen LogP contribution in [0, 0.1) is 12.7 Å². The van der Waals surface area contributed by atoms with E-state index in [2.05, 4.69) is 27.4 Å². The van der Waals surface area contributed by atoms with Gasteiger partial charge in [-0.25, -0.2) is 14.2 Å². The average molecular weight is 539 g/mol. The molecule has 1 fully saturated rings. The van der Waals surface area contributed by atoms with Crippen LogP contribution in [0.25, 0.3) is 6.08 Å². The van der Waals surface area contributed by atoms with E-state index < -0.39 is 0 Å². The van der Waals surface area contributed by atoms with E-state index in [1.165, 1.54) is 6.07 Å². The Bertz CT molecular complexity index is 1320. The number of urea groups is 1. The van der Waals surface area contributed by atoms with Crippen LogP contribution in [0.1, 0.15) is 35.1 Å². The molecule has 192 valence electrons. The normalized spacial score (nSPS) is 16.9. The number of anilines is 1. The van der Waals surface area contributed by atoms with Crippen LogP contribution in [0.2, 0.25) is 10.2 Å². The summed E-state index contributed by atoms with van der Waals surface area (Å²) in [6.07, 6.45) is 7.62. The molecule has 0 radical (unpaired) electrons. The summed E-state index contributed by atoms with van der Waals surface area (Å²) in [4.78, 5) is 21.5. The fourth-order valence-electron chi connectivity index (χ4n) is 5.52. The third-order valence-electron chi connectivity index (χ3n) is 7.50. The number of carbonyl (C=O) groups is 1. The molecule has 1 aromatic heterocycles. The Morgan fingerprint density at radius 1 is 1.14 bits per heavy atom. The lowest BCUT2D eigenvalue weighted by molar-refractivity contribution is 0.179. The highest BCUT2D eigenvalue weighted by molar-refractivity contribution is 6.30. The topological polar surface area (TPSA) is 48.5 Å². The third kappa shape index (κ3) is 5.52. The first-order valence-corrected chi connectivity index (χ1v) is 13.2. The highest BCUT2D eigenvalue weighted by atomic mass is 35.5. The van der Waals surface area contributed by atoms with Gasteiger partial charge in [-0.05, 0) is 91.5 Å². The molecule has 2 aliphatic heterocycles. The number of aromatic nitrogens is 1. The van der Waals surface area contributed by atoms with E-state index in [1.54, 1.807) is 23.2 Å². The predicted molar refractivity (Wildman–Crippen MR) is 148 cm³/mol. The smallest absolute Gasteiger partial charge is 0.322 e. The van der Waals surface area contributed by atoms with Crippen LogP contribution < -0.4 is 10.2 Å². The minimum Gasteiger partial charge on any atom is -0.334 e. The number of halogens is 3. The number of hydrogen-bond donors (Lipinski definition) is 1. The quantitative estimate of drug-likeness (QED) is 0.371. The maximum Gasteiger partial charge on any atom is 0.322 e. The third-order valence-corrected chi connectivity index (χ3v) is 7.95. The van der Waals surface area contributed by atoms with Gasteiger partial charge in [0.25, 0.3) is 0 Å². The molecule has 2 aromatic carbocycles. The average Bonchev–Trinajstić information content (AvgIpc) is 3.21. The van der Waals surface area contributed by atoms with Crippen molar-refractivity contribution in [2.24, 2.45) is 0 Å². The molecule has 3 aromatic rings. The van der Waals surface area contributed by atoms with Crippen molar-refractivity contribution in [2.45, 2.75) is 31.7 Å². The largest absolute Gasteiger partial charge is 0.334 e. The lowest BCUT2D eigenvalue weighted by atomic mass is 9.72. The summed E-state index contributed by atoms with van der Waals surface area (Å²) in [7, 11) is 0. The van der Waals surface area contributed by atoms with Crippen molar-refractivity contribution in [3.8, 4) is 0 Å². The lowest BCUT2D eigenvalue weighted by Gasteiger charge is -2.40. The van der Waals surface area contributed by atoms with Crippen LogP contribution in [-0.4, -0.2) is 42.1 Å². The van der Waals surface area contributed by atoms with Gasteiger partial charge in [0, 0.05) is 42.0 Å². The Morgan fingerprint density at radius 3 is 2.62 bits per heavy atom. The summed E-state index contributed by atoms with van der Waals surface area (Å²) in [5, 5.41) is 4.12. The van der Waals surface area contributed by atoms with Crippen LogP contribution in [-0.2, 0) is 12.0 Å². The minimum absolute atomic E-state index is 0.189. The van der Waals surface area contributed by atoms with E-state index in [4.69, 9.17) is 23.2 Å². The Kier molecular flexibility index (Phi) is 7.52. The lowest BCUT2D eigenvalue weighted by Crippen LogP contribution is -2.47. The second-order valence-electron chi connectivity index (χ2n) is 9.83. The van der Waals surface area contributed by atoms with Gasteiger partial charge in [0.05, 0.1) is 0 Å². The summed E-state index contributed by atoms with van der Waals surface area (Å²) in [6.45, 7) is 5.32. The molecule has 2 amide bonds. The van der Waals surface area contributed by atoms with Crippen molar-refractivity contribution < 1.29 is 9.18 Å². The highest BCUT2D eigenvalue weighted by Crippen LogP contribution is 2.49. The number of nitrogens with one attached hydrogen (secondary N) is 1. The van der Waals surface area contributed by atoms with E-state index in [1.807, 2.05) is 37.3 Å². The van der Waals surface area contributed by atoms with Crippen LogP contribution in [0.3, 0.4) is 0 Å². The van der Waals surface area contributed by atoms with Crippen LogP contribution >= 0.6 is 23.2 Å². The maximum absolute atomic E-state index is 14.7. The van der Waals surface area contributed by atoms with Crippen molar-refractivity contribution >= 4 is 41.0 Å². The number of carbonyl (C=O) groups excluding carboxylic acids is 1. The molecule has 8 heteroatoms. The van der Waals surface area contributed by atoms with Gasteiger partial charge in [-0.3, -0.25) is 9.80 Å². The van der Waals surface area contributed by atoms with E-state index >= 15 is 0 Å². The van der Waals surface area contributed by atoms with Crippen LogP contribution in [0.15, 0.2) is 60.8 Å². The molecule has 5 nitrogen and oxygen atoms in total. The minimum atomic E-state index is -0.255. The van der Waals surface area contributed by atoms with Gasteiger partial charge in [0.1, 0.15) is 11.0 Å². The fraction of sp³-hybridized carbons (Fsp3) is 0.310. The Hall–Kier alpha value is -2.93. The Balaban J connectivity index is 1.28. The van der Waals surface area contributed by atoms with Crippen molar-refractivity contribution in [3.05, 3.63) is 99.1 Å². The molecular weight excluding hydrogens is 510 g/mol. The SMILES string of the molecule is Cc1c(F)ccc2c1C1(CCN(CC=Cc3ccc(Cl)cc3)CC1)CN2C(=O)NCc1ccnc(Cl)c1. The molecule has 0 bridgehead atoms. The number of benzene rings is 2. The van der Waals surface area contributed by atoms with E-state index in [0.29, 0.717) is 23.8 Å². The van der Waals surface area contributed by atoms with Gasteiger partial charge in [-0.15, -0.1) is 0 Å². The number of hydrogen-bond acceptors (Lipinski definition) is 3. The number of nitrogens with zero attached hydrogens (tertiary/aromatic N) is 3. The molecule has 1 N–H and O–H groups in total. The summed E-state index contributed by atoms with van der Waals surface area (Å²) >= 11 is 12.0. The summed E-state index contributed by atoms with van der Waals surface area (Å²) in [6, 6.07) is 14.4. The molecule has 37 heavy (non-hydrogen) atoms. The second kappa shape index (κ2) is 10.8. The number of pyridine rings is 1. The second-order valence-corrected chi connectivity index (χ2v) is 10.7. The van der Waals surface area contributed by atoms with E-state index in [9.17, 15) is 9.18 Å². The molecule has 0 saturated carbocycles. The first kappa shape index (κ1) is 25.7.